The molecule has 1 aromatic rings. The molecule has 0 bridgehead atoms. The number of hydrogen-bond acceptors (Lipinski definition) is 4. The summed E-state index contributed by atoms with van der Waals surface area (Å²) in [4.78, 5) is 0. The molecule has 0 aliphatic carbocycles. The van der Waals surface area contributed by atoms with Gasteiger partial charge in [-0.25, -0.2) is 0 Å². The summed E-state index contributed by atoms with van der Waals surface area (Å²) in [6.07, 6.45) is 3.86. The zero-order valence-electron chi connectivity index (χ0n) is 7.53. The van der Waals surface area contributed by atoms with Crippen LogP contribution in [-0.4, -0.2) is 23.3 Å². The van der Waals surface area contributed by atoms with Gasteiger partial charge in [0, 0.05) is 5.92 Å². The van der Waals surface area contributed by atoms with Crippen molar-refractivity contribution in [1.29, 1.82) is 0 Å². The number of piperidine rings is 1. The van der Waals surface area contributed by atoms with Crippen LogP contribution < -0.4 is 11.1 Å². The number of anilines is 1. The van der Waals surface area contributed by atoms with Crippen molar-refractivity contribution in [2.24, 2.45) is 0 Å². The number of aromatic nitrogens is 2. The molecule has 2 heterocycles. The van der Waals surface area contributed by atoms with Gasteiger partial charge in [-0.05, 0) is 32.0 Å². The van der Waals surface area contributed by atoms with Crippen LogP contribution in [0.5, 0.6) is 0 Å². The van der Waals surface area contributed by atoms with Crippen molar-refractivity contribution in [3.63, 3.8) is 0 Å². The van der Waals surface area contributed by atoms with E-state index in [1.165, 1.54) is 0 Å². The predicted octanol–water partition coefficient (Wildman–Crippen LogP) is 0.526. The maximum atomic E-state index is 5.65. The molecule has 70 valence electrons. The highest BCUT2D eigenvalue weighted by Gasteiger charge is 2.16. The minimum absolute atomic E-state index is 0.539. The zero-order chi connectivity index (χ0) is 9.10. The topological polar surface area (TPSA) is 63.8 Å². The van der Waals surface area contributed by atoms with Crippen molar-refractivity contribution in [1.82, 2.24) is 15.5 Å². The van der Waals surface area contributed by atoms with Gasteiger partial charge in [0.05, 0.1) is 17.6 Å². The SMILES string of the molecule is Nc1cnnc(C2CCNCC2)c1. The molecule has 0 radical (unpaired) electrons. The molecule has 1 aliphatic heterocycles. The van der Waals surface area contributed by atoms with Crippen molar-refractivity contribution in [2.75, 3.05) is 18.8 Å². The Morgan fingerprint density at radius 1 is 1.38 bits per heavy atom. The third-order valence-corrected chi connectivity index (χ3v) is 2.45. The lowest BCUT2D eigenvalue weighted by Crippen LogP contribution is -2.27. The minimum atomic E-state index is 0.539. The normalized spacial score (nSPS) is 18.8. The Morgan fingerprint density at radius 2 is 2.15 bits per heavy atom. The van der Waals surface area contributed by atoms with Gasteiger partial charge in [0.25, 0.3) is 0 Å². The first-order chi connectivity index (χ1) is 6.36. The second-order valence-electron chi connectivity index (χ2n) is 3.44. The highest BCUT2D eigenvalue weighted by Crippen LogP contribution is 2.23. The Morgan fingerprint density at radius 3 is 2.85 bits per heavy atom. The molecular weight excluding hydrogens is 164 g/mol. The first-order valence-corrected chi connectivity index (χ1v) is 4.65. The second-order valence-corrected chi connectivity index (χ2v) is 3.44. The lowest BCUT2D eigenvalue weighted by molar-refractivity contribution is 0.450. The van der Waals surface area contributed by atoms with Crippen LogP contribution in [0.1, 0.15) is 24.5 Å². The Labute approximate surface area is 77.5 Å². The van der Waals surface area contributed by atoms with Gasteiger partial charge in [0.2, 0.25) is 0 Å². The number of nitrogens with one attached hydrogen (secondary N) is 1. The molecule has 1 saturated heterocycles. The molecule has 3 N–H and O–H groups in total. The second kappa shape index (κ2) is 3.70. The number of rotatable bonds is 1. The van der Waals surface area contributed by atoms with E-state index in [-0.39, 0.29) is 0 Å². The van der Waals surface area contributed by atoms with Crippen molar-refractivity contribution in [3.8, 4) is 0 Å². The quantitative estimate of drug-likeness (QED) is 0.658. The van der Waals surface area contributed by atoms with E-state index in [1.807, 2.05) is 6.07 Å². The molecule has 4 heteroatoms. The summed E-state index contributed by atoms with van der Waals surface area (Å²) in [6, 6.07) is 1.93. The van der Waals surface area contributed by atoms with Crippen molar-refractivity contribution in [2.45, 2.75) is 18.8 Å². The van der Waals surface area contributed by atoms with Gasteiger partial charge in [-0.2, -0.15) is 10.2 Å². The van der Waals surface area contributed by atoms with Crippen molar-refractivity contribution < 1.29 is 0 Å². The Hall–Kier alpha value is -1.16. The molecule has 0 aromatic carbocycles. The van der Waals surface area contributed by atoms with Crippen molar-refractivity contribution >= 4 is 5.69 Å². The van der Waals surface area contributed by atoms with E-state index >= 15 is 0 Å². The van der Waals surface area contributed by atoms with E-state index in [4.69, 9.17) is 5.73 Å². The lowest BCUT2D eigenvalue weighted by Gasteiger charge is -2.21. The van der Waals surface area contributed by atoms with Crippen LogP contribution in [0.15, 0.2) is 12.3 Å². The summed E-state index contributed by atoms with van der Waals surface area (Å²) in [5.74, 6) is 0.539. The molecule has 0 spiro atoms. The molecule has 2 rings (SSSR count). The van der Waals surface area contributed by atoms with Crippen LogP contribution in [0.25, 0.3) is 0 Å². The van der Waals surface area contributed by atoms with Crippen LogP contribution in [0, 0.1) is 0 Å². The maximum Gasteiger partial charge on any atom is 0.0726 e. The molecule has 1 fully saturated rings. The summed E-state index contributed by atoms with van der Waals surface area (Å²) in [5, 5.41) is 11.3. The fourth-order valence-electron chi connectivity index (χ4n) is 1.72. The summed E-state index contributed by atoms with van der Waals surface area (Å²) in [7, 11) is 0. The molecular formula is C9H14N4. The van der Waals surface area contributed by atoms with Crippen LogP contribution >= 0.6 is 0 Å². The molecule has 13 heavy (non-hydrogen) atoms. The molecule has 0 unspecified atom stereocenters. The van der Waals surface area contributed by atoms with Crippen LogP contribution in [0.2, 0.25) is 0 Å². The molecule has 1 aliphatic rings. The largest absolute Gasteiger partial charge is 0.397 e. The number of nitrogens with two attached hydrogens (primary N) is 1. The Bertz CT molecular complexity index is 281. The Balaban J connectivity index is 2.14. The van der Waals surface area contributed by atoms with Gasteiger partial charge in [0.1, 0.15) is 0 Å². The van der Waals surface area contributed by atoms with Crippen molar-refractivity contribution in [3.05, 3.63) is 18.0 Å². The first kappa shape index (κ1) is 8.44. The fourth-order valence-corrected chi connectivity index (χ4v) is 1.72. The van der Waals surface area contributed by atoms with E-state index in [0.717, 1.165) is 31.6 Å². The zero-order valence-corrected chi connectivity index (χ0v) is 7.53. The molecule has 4 nitrogen and oxygen atoms in total. The van der Waals surface area contributed by atoms with Crippen LogP contribution in [0.3, 0.4) is 0 Å². The number of nitrogens with zero attached hydrogens (tertiary/aromatic N) is 2. The van der Waals surface area contributed by atoms with Gasteiger partial charge < -0.3 is 11.1 Å². The van der Waals surface area contributed by atoms with Crippen LogP contribution in [0.4, 0.5) is 5.69 Å². The standard InChI is InChI=1S/C9H14N4/c10-8-5-9(13-12-6-8)7-1-3-11-4-2-7/h5-7,11H,1-4H2,(H2,10,13). The summed E-state index contributed by atoms with van der Waals surface area (Å²) in [6.45, 7) is 2.14. The monoisotopic (exact) mass is 178 g/mol. The summed E-state index contributed by atoms with van der Waals surface area (Å²) >= 11 is 0. The average Bonchev–Trinajstić information content (AvgIpc) is 2.19. The van der Waals surface area contributed by atoms with Gasteiger partial charge in [-0.3, -0.25) is 0 Å². The smallest absolute Gasteiger partial charge is 0.0726 e. The lowest BCUT2D eigenvalue weighted by atomic mass is 9.94. The molecule has 0 amide bonds. The average molecular weight is 178 g/mol. The van der Waals surface area contributed by atoms with E-state index in [9.17, 15) is 0 Å². The van der Waals surface area contributed by atoms with Gasteiger partial charge >= 0.3 is 0 Å². The van der Waals surface area contributed by atoms with Gasteiger partial charge in [-0.1, -0.05) is 0 Å². The third-order valence-electron chi connectivity index (χ3n) is 2.45. The Kier molecular flexibility index (Phi) is 2.40. The maximum absolute atomic E-state index is 5.65. The number of nitrogen functional groups attached to an aromatic ring is 1. The first-order valence-electron chi connectivity index (χ1n) is 4.65. The van der Waals surface area contributed by atoms with Crippen LogP contribution in [-0.2, 0) is 0 Å². The predicted molar refractivity (Wildman–Crippen MR) is 51.3 cm³/mol. The third kappa shape index (κ3) is 1.95. The molecule has 0 atom stereocenters. The highest BCUT2D eigenvalue weighted by atomic mass is 15.1. The van der Waals surface area contributed by atoms with E-state index in [2.05, 4.69) is 15.5 Å². The molecule has 0 saturated carbocycles. The number of hydrogen-bond donors (Lipinski definition) is 2. The van der Waals surface area contributed by atoms with Gasteiger partial charge in [0.15, 0.2) is 0 Å². The summed E-state index contributed by atoms with van der Waals surface area (Å²) in [5.41, 5.74) is 7.40. The van der Waals surface area contributed by atoms with E-state index in [1.54, 1.807) is 6.20 Å². The highest BCUT2D eigenvalue weighted by molar-refractivity contribution is 5.35. The fraction of sp³-hybridized carbons (Fsp3) is 0.556. The van der Waals surface area contributed by atoms with E-state index < -0.39 is 0 Å². The minimum Gasteiger partial charge on any atom is -0.397 e. The molecule has 1 aromatic heterocycles. The van der Waals surface area contributed by atoms with Gasteiger partial charge in [-0.15, -0.1) is 0 Å². The van der Waals surface area contributed by atoms with E-state index in [0.29, 0.717) is 11.6 Å². The summed E-state index contributed by atoms with van der Waals surface area (Å²) < 4.78 is 0.